The largest absolute Gasteiger partial charge is 0.458 e. The van der Waals surface area contributed by atoms with Crippen LogP contribution in [0.25, 0.3) is 6.08 Å². The highest BCUT2D eigenvalue weighted by Crippen LogP contribution is 2.46. The Morgan fingerprint density at radius 3 is 2.73 bits per heavy atom. The van der Waals surface area contributed by atoms with Crippen LogP contribution in [0.3, 0.4) is 0 Å². The van der Waals surface area contributed by atoms with Crippen molar-refractivity contribution in [3.05, 3.63) is 20.6 Å². The zero-order valence-corrected chi connectivity index (χ0v) is 19.5. The van der Waals surface area contributed by atoms with E-state index in [1.807, 2.05) is 25.3 Å². The third kappa shape index (κ3) is 7.13. The van der Waals surface area contributed by atoms with Gasteiger partial charge in [-0.1, -0.05) is 26.2 Å². The van der Waals surface area contributed by atoms with Crippen LogP contribution in [-0.2, 0) is 14.3 Å². The number of ketones is 1. The van der Waals surface area contributed by atoms with Gasteiger partial charge in [0.1, 0.15) is 11.9 Å². The molecule has 5 atom stereocenters. The number of aromatic nitrogens is 1. The van der Waals surface area contributed by atoms with Gasteiger partial charge < -0.3 is 14.8 Å². The Kier molecular flexibility index (Phi) is 8.43. The Bertz CT molecular complexity index is 827. The van der Waals surface area contributed by atoms with Crippen LogP contribution in [0.5, 0.6) is 0 Å². The summed E-state index contributed by atoms with van der Waals surface area (Å²) in [6.07, 6.45) is 7.99. The number of fused-ring (bicyclic) bond motifs is 1. The zero-order valence-electron chi connectivity index (χ0n) is 17.9. The number of aliphatic hydroxyl groups excluding tert-OH is 1. The number of hydrogen-bond donors (Lipinski definition) is 2. The molecular formula is C23H33NO4S2. The Morgan fingerprint density at radius 1 is 1.23 bits per heavy atom. The SMILES string of the molecule is C/C(=C\c1csc(=S)[nH]1)[C@@H]1C[C@@H]2C[C@@H]2CCCC[C@H](O)CC(=O)[C@@H](C)CCC(=O)O1. The molecular weight excluding hydrogens is 418 g/mol. The van der Waals surface area contributed by atoms with Gasteiger partial charge in [0.15, 0.2) is 3.95 Å². The molecule has 3 rings (SSSR count). The number of carbonyl (C=O) groups excluding carboxylic acids is 2. The molecule has 0 amide bonds. The third-order valence-electron chi connectivity index (χ3n) is 6.42. The number of carbonyl (C=O) groups is 2. The summed E-state index contributed by atoms with van der Waals surface area (Å²) in [4.78, 5) is 28.0. The Balaban J connectivity index is 1.69. The first-order valence-corrected chi connectivity index (χ1v) is 12.4. The van der Waals surface area contributed by atoms with E-state index in [0.29, 0.717) is 24.7 Å². The second kappa shape index (κ2) is 10.8. The number of rotatable bonds is 2. The smallest absolute Gasteiger partial charge is 0.306 e. The molecule has 1 aliphatic heterocycles. The van der Waals surface area contributed by atoms with E-state index in [1.54, 1.807) is 0 Å². The maximum absolute atomic E-state index is 12.6. The van der Waals surface area contributed by atoms with Crippen molar-refractivity contribution >= 4 is 41.4 Å². The Morgan fingerprint density at radius 2 is 2.00 bits per heavy atom. The van der Waals surface area contributed by atoms with Gasteiger partial charge in [-0.05, 0) is 68.3 Å². The molecule has 1 aromatic heterocycles. The minimum atomic E-state index is -0.559. The van der Waals surface area contributed by atoms with Crippen LogP contribution >= 0.6 is 23.6 Å². The first kappa shape index (κ1) is 23.4. The van der Waals surface area contributed by atoms with Crippen molar-refractivity contribution in [2.75, 3.05) is 0 Å². The summed E-state index contributed by atoms with van der Waals surface area (Å²) in [5.74, 6) is 0.803. The van der Waals surface area contributed by atoms with E-state index in [4.69, 9.17) is 17.0 Å². The maximum atomic E-state index is 12.6. The molecule has 1 aliphatic carbocycles. The van der Waals surface area contributed by atoms with Crippen molar-refractivity contribution in [1.82, 2.24) is 4.98 Å². The van der Waals surface area contributed by atoms with Crippen LogP contribution in [0.4, 0.5) is 0 Å². The summed E-state index contributed by atoms with van der Waals surface area (Å²) < 4.78 is 6.62. The topological polar surface area (TPSA) is 79.4 Å². The van der Waals surface area contributed by atoms with Gasteiger partial charge in [0, 0.05) is 29.8 Å². The number of esters is 1. The molecule has 1 saturated carbocycles. The summed E-state index contributed by atoms with van der Waals surface area (Å²) >= 11 is 6.65. The van der Waals surface area contributed by atoms with E-state index in [9.17, 15) is 14.7 Å². The van der Waals surface area contributed by atoms with Crippen LogP contribution in [0.15, 0.2) is 11.0 Å². The highest BCUT2D eigenvalue weighted by atomic mass is 32.1. The molecule has 0 spiro atoms. The molecule has 30 heavy (non-hydrogen) atoms. The lowest BCUT2D eigenvalue weighted by molar-refractivity contribution is -0.148. The van der Waals surface area contributed by atoms with Crippen molar-refractivity contribution < 1.29 is 19.4 Å². The van der Waals surface area contributed by atoms with Crippen molar-refractivity contribution in [1.29, 1.82) is 0 Å². The van der Waals surface area contributed by atoms with Crippen LogP contribution in [0.1, 0.15) is 77.3 Å². The van der Waals surface area contributed by atoms with Gasteiger partial charge in [0.2, 0.25) is 0 Å². The normalized spacial score (nSPS) is 32.4. The molecule has 1 saturated heterocycles. The lowest BCUT2D eigenvalue weighted by Gasteiger charge is -2.20. The third-order valence-corrected chi connectivity index (χ3v) is 7.50. The van der Waals surface area contributed by atoms with Gasteiger partial charge in [-0.2, -0.15) is 0 Å². The van der Waals surface area contributed by atoms with Crippen molar-refractivity contribution in [2.45, 2.75) is 83.8 Å². The number of nitrogens with one attached hydrogen (secondary N) is 1. The second-order valence-corrected chi connectivity index (χ2v) is 10.6. The first-order chi connectivity index (χ1) is 14.3. The van der Waals surface area contributed by atoms with Crippen molar-refractivity contribution in [3.8, 4) is 0 Å². The molecule has 0 radical (unpaired) electrons. The second-order valence-electron chi connectivity index (χ2n) is 9.01. The van der Waals surface area contributed by atoms with E-state index in [1.165, 1.54) is 17.8 Å². The highest BCUT2D eigenvalue weighted by molar-refractivity contribution is 7.73. The molecule has 2 fully saturated rings. The van der Waals surface area contributed by atoms with Gasteiger partial charge in [-0.3, -0.25) is 9.59 Å². The molecule has 2 aliphatic rings. The van der Waals surface area contributed by atoms with E-state index < -0.39 is 6.10 Å². The number of H-pyrrole nitrogens is 1. The minimum Gasteiger partial charge on any atom is -0.458 e. The van der Waals surface area contributed by atoms with E-state index in [-0.39, 0.29) is 36.6 Å². The number of aromatic amines is 1. The van der Waals surface area contributed by atoms with E-state index in [2.05, 4.69) is 4.98 Å². The molecule has 7 heteroatoms. The molecule has 0 aromatic carbocycles. The van der Waals surface area contributed by atoms with Crippen LogP contribution in [-0.4, -0.2) is 34.1 Å². The van der Waals surface area contributed by atoms with Gasteiger partial charge in [-0.25, -0.2) is 0 Å². The average Bonchev–Trinajstić information content (AvgIpc) is 3.30. The predicted octanol–water partition coefficient (Wildman–Crippen LogP) is 5.46. The summed E-state index contributed by atoms with van der Waals surface area (Å²) in [5.41, 5.74) is 1.96. The van der Waals surface area contributed by atoms with Crippen molar-refractivity contribution in [2.24, 2.45) is 17.8 Å². The number of cyclic esters (lactones) is 1. The molecule has 5 nitrogen and oxygen atoms in total. The standard InChI is InChI=1S/C23H33NO4S2/c1-14-7-8-22(27)28-21(15(2)9-18-13-30-23(29)24-18)11-17-10-16(17)5-3-4-6-19(25)12-20(14)26/h9,13-14,16-17,19,21,25H,3-8,10-12H2,1-2H3,(H,24,29)/b15-9+/t14-,16-,17-,19-,21-/m0/s1. The zero-order chi connectivity index (χ0) is 21.7. The minimum absolute atomic E-state index is 0.0324. The highest BCUT2D eigenvalue weighted by Gasteiger charge is 2.39. The number of ether oxygens (including phenoxy) is 1. The molecule has 2 N–H and O–H groups in total. The summed E-state index contributed by atoms with van der Waals surface area (Å²) in [6.45, 7) is 3.84. The Labute approximate surface area is 187 Å². The maximum Gasteiger partial charge on any atom is 0.306 e. The fraction of sp³-hybridized carbons (Fsp3) is 0.696. The molecule has 1 aromatic rings. The number of hydrogen-bond acceptors (Lipinski definition) is 6. The molecule has 0 bridgehead atoms. The van der Waals surface area contributed by atoms with E-state index >= 15 is 0 Å². The van der Waals surface area contributed by atoms with Gasteiger partial charge in [0.25, 0.3) is 0 Å². The van der Waals surface area contributed by atoms with Gasteiger partial charge >= 0.3 is 5.97 Å². The molecule has 2 heterocycles. The Hall–Kier alpha value is -1.31. The summed E-state index contributed by atoms with van der Waals surface area (Å²) in [7, 11) is 0. The number of thiazole rings is 1. The van der Waals surface area contributed by atoms with E-state index in [0.717, 1.165) is 40.9 Å². The first-order valence-electron chi connectivity index (χ1n) is 11.1. The predicted molar refractivity (Wildman–Crippen MR) is 122 cm³/mol. The molecule has 166 valence electrons. The fourth-order valence-electron chi connectivity index (χ4n) is 4.29. The summed E-state index contributed by atoms with van der Waals surface area (Å²) in [5, 5.41) is 12.1. The molecule has 0 unspecified atom stereocenters. The van der Waals surface area contributed by atoms with Gasteiger partial charge in [0.05, 0.1) is 6.10 Å². The van der Waals surface area contributed by atoms with Crippen LogP contribution in [0.2, 0.25) is 0 Å². The fourth-order valence-corrected chi connectivity index (χ4v) is 5.09. The lowest BCUT2D eigenvalue weighted by atomic mass is 9.94. The monoisotopic (exact) mass is 451 g/mol. The quantitative estimate of drug-likeness (QED) is 0.461. The number of Topliss-reactive ketones (excluding diaryl/α,β-unsaturated/α-hetero) is 1. The summed E-state index contributed by atoms with van der Waals surface area (Å²) in [6, 6.07) is 0. The average molecular weight is 452 g/mol. The van der Waals surface area contributed by atoms with Gasteiger partial charge in [-0.15, -0.1) is 11.3 Å². The van der Waals surface area contributed by atoms with Crippen molar-refractivity contribution in [3.63, 3.8) is 0 Å². The van der Waals surface area contributed by atoms with Crippen LogP contribution in [0, 0.1) is 21.7 Å². The lowest BCUT2D eigenvalue weighted by Crippen LogP contribution is -2.23. The number of aliphatic hydroxyl groups is 1. The van der Waals surface area contributed by atoms with Crippen LogP contribution < -0.4 is 0 Å².